The maximum absolute atomic E-state index is 11.5. The maximum atomic E-state index is 11.5. The van der Waals surface area contributed by atoms with E-state index < -0.39 is 11.0 Å². The number of fused-ring (bicyclic) bond motifs is 2. The summed E-state index contributed by atoms with van der Waals surface area (Å²) in [5.41, 5.74) is -2.26. The summed E-state index contributed by atoms with van der Waals surface area (Å²) in [6, 6.07) is 0. The first-order valence-corrected chi connectivity index (χ1v) is 6.93. The van der Waals surface area contributed by atoms with Gasteiger partial charge in [0.2, 0.25) is 0 Å². The molecule has 0 aromatic heterocycles. The van der Waals surface area contributed by atoms with Gasteiger partial charge < -0.3 is 9.84 Å². The largest absolute Gasteiger partial charge is 0.377 e. The number of aliphatic hydroxyl groups is 1. The Morgan fingerprint density at radius 1 is 1.47 bits per heavy atom. The van der Waals surface area contributed by atoms with Crippen molar-refractivity contribution in [2.24, 2.45) is 17.3 Å². The number of hydrogen-bond acceptors (Lipinski definition) is 4. The Morgan fingerprint density at radius 2 is 2.16 bits per heavy atom. The van der Waals surface area contributed by atoms with E-state index in [-0.39, 0.29) is 17.1 Å². The molecule has 1 heterocycles. The fraction of sp³-hybridized carbons (Fsp3) is 0.733. The van der Waals surface area contributed by atoms with Gasteiger partial charge in [-0.25, -0.2) is 0 Å². The smallest absolute Gasteiger partial charge is 0.156 e. The van der Waals surface area contributed by atoms with Crippen molar-refractivity contribution < 1.29 is 19.4 Å². The number of carbonyl (C=O) groups excluding carboxylic acids is 2. The molecule has 104 valence electrons. The zero-order valence-electron chi connectivity index (χ0n) is 11.4. The Hall–Kier alpha value is -1.00. The van der Waals surface area contributed by atoms with Gasteiger partial charge in [-0.2, -0.15) is 0 Å². The number of carbonyl (C=O) groups is 2. The molecule has 1 saturated heterocycles. The molecule has 0 amide bonds. The lowest BCUT2D eigenvalue weighted by Crippen LogP contribution is -2.62. The molecule has 1 N–H and O–H groups in total. The minimum absolute atomic E-state index is 0.0997. The average molecular weight is 264 g/mol. The van der Waals surface area contributed by atoms with Gasteiger partial charge in [-0.3, -0.25) is 9.59 Å². The Bertz CT molecular complexity index is 465. The summed E-state index contributed by atoms with van der Waals surface area (Å²) in [7, 11) is 0. The van der Waals surface area contributed by atoms with Crippen LogP contribution in [0.1, 0.15) is 33.1 Å². The van der Waals surface area contributed by atoms with E-state index in [4.69, 9.17) is 4.74 Å². The molecule has 1 spiro atoms. The van der Waals surface area contributed by atoms with Crippen molar-refractivity contribution in [2.75, 3.05) is 6.61 Å². The van der Waals surface area contributed by atoms with Gasteiger partial charge in [-0.1, -0.05) is 19.9 Å². The zero-order chi connectivity index (χ0) is 13.9. The first-order valence-electron chi connectivity index (χ1n) is 6.93. The monoisotopic (exact) mass is 264 g/mol. The van der Waals surface area contributed by atoms with Crippen LogP contribution in [0.3, 0.4) is 0 Å². The second-order valence-electron chi connectivity index (χ2n) is 6.55. The Labute approximate surface area is 112 Å². The molecule has 3 unspecified atom stereocenters. The minimum Gasteiger partial charge on any atom is -0.377 e. The van der Waals surface area contributed by atoms with Gasteiger partial charge in [0.05, 0.1) is 12.2 Å². The van der Waals surface area contributed by atoms with Crippen LogP contribution < -0.4 is 0 Å². The Kier molecular flexibility index (Phi) is 2.58. The van der Waals surface area contributed by atoms with Crippen molar-refractivity contribution in [3.05, 3.63) is 11.6 Å². The molecule has 2 aliphatic carbocycles. The molecular formula is C15H20O4. The van der Waals surface area contributed by atoms with Crippen molar-refractivity contribution in [3.63, 3.8) is 0 Å². The van der Waals surface area contributed by atoms with Crippen LogP contribution in [0.25, 0.3) is 0 Å². The summed E-state index contributed by atoms with van der Waals surface area (Å²) in [4.78, 5) is 22.7. The third-order valence-corrected chi connectivity index (χ3v) is 5.95. The summed E-state index contributed by atoms with van der Waals surface area (Å²) in [5.74, 6) is 0.537. The van der Waals surface area contributed by atoms with Gasteiger partial charge in [-0.05, 0) is 25.2 Å². The zero-order valence-corrected chi connectivity index (χ0v) is 11.4. The molecular weight excluding hydrogens is 244 g/mol. The molecule has 1 saturated carbocycles. The molecule has 19 heavy (non-hydrogen) atoms. The molecule has 0 radical (unpaired) electrons. The van der Waals surface area contributed by atoms with E-state index in [1.54, 1.807) is 6.08 Å². The number of rotatable bonds is 2. The van der Waals surface area contributed by atoms with E-state index in [1.165, 1.54) is 0 Å². The Balaban J connectivity index is 2.11. The summed E-state index contributed by atoms with van der Waals surface area (Å²) in [5, 5.41) is 10.8. The number of epoxide rings is 1. The van der Waals surface area contributed by atoms with Gasteiger partial charge >= 0.3 is 0 Å². The predicted molar refractivity (Wildman–Crippen MR) is 68.5 cm³/mol. The van der Waals surface area contributed by atoms with Crippen molar-refractivity contribution in [2.45, 2.75) is 44.3 Å². The lowest BCUT2D eigenvalue weighted by molar-refractivity contribution is -0.157. The number of allylic oxidation sites excluding steroid dienone is 1. The fourth-order valence-electron chi connectivity index (χ4n) is 4.37. The fourth-order valence-corrected chi connectivity index (χ4v) is 4.37. The molecule has 0 aromatic carbocycles. The lowest BCUT2D eigenvalue weighted by atomic mass is 9.49. The molecule has 3 aliphatic rings. The average Bonchev–Trinajstić information content (AvgIpc) is 3.19. The maximum Gasteiger partial charge on any atom is 0.156 e. The summed E-state index contributed by atoms with van der Waals surface area (Å²) < 4.78 is 5.75. The van der Waals surface area contributed by atoms with Crippen LogP contribution in [0.5, 0.6) is 0 Å². The summed E-state index contributed by atoms with van der Waals surface area (Å²) in [6.07, 6.45) is 5.24. The van der Waals surface area contributed by atoms with Gasteiger partial charge in [0, 0.05) is 16.9 Å². The standard InChI is InChI=1S/C15H20O4/c1-10-5-6-13(2)12(14(10)9-19-14)4-3-11(7-16)15(13,18)8-17/h3,7-8,10,12,18H,4-6,9H2,1-2H3/t10?,12?,13?,14-,15-/m1/s1. The van der Waals surface area contributed by atoms with Crippen LogP contribution in [0.2, 0.25) is 0 Å². The van der Waals surface area contributed by atoms with Crippen molar-refractivity contribution in [1.82, 2.24) is 0 Å². The van der Waals surface area contributed by atoms with Gasteiger partial charge in [0.25, 0.3) is 0 Å². The quantitative estimate of drug-likeness (QED) is 0.602. The number of ether oxygens (including phenoxy) is 1. The van der Waals surface area contributed by atoms with Crippen LogP contribution in [0, 0.1) is 17.3 Å². The molecule has 1 aliphatic heterocycles. The highest BCUT2D eigenvalue weighted by atomic mass is 16.6. The number of aldehydes is 2. The van der Waals surface area contributed by atoms with E-state index in [1.807, 2.05) is 6.92 Å². The first kappa shape index (κ1) is 13.0. The van der Waals surface area contributed by atoms with E-state index in [0.29, 0.717) is 31.5 Å². The van der Waals surface area contributed by atoms with Crippen LogP contribution >= 0.6 is 0 Å². The van der Waals surface area contributed by atoms with Gasteiger partial charge in [-0.15, -0.1) is 0 Å². The van der Waals surface area contributed by atoms with E-state index in [2.05, 4.69) is 6.92 Å². The number of hydrogen-bond donors (Lipinski definition) is 1. The molecule has 5 atom stereocenters. The second-order valence-corrected chi connectivity index (χ2v) is 6.55. The SMILES string of the molecule is CC1CCC2(C)C(CC=C(C=O)[C@]2(O)C=O)[C@@]12CO2. The Morgan fingerprint density at radius 3 is 2.68 bits per heavy atom. The molecule has 3 rings (SSSR count). The second kappa shape index (κ2) is 3.76. The van der Waals surface area contributed by atoms with Gasteiger partial charge in [0.15, 0.2) is 11.9 Å². The van der Waals surface area contributed by atoms with Gasteiger partial charge in [0.1, 0.15) is 6.29 Å². The highest BCUT2D eigenvalue weighted by molar-refractivity contribution is 5.88. The van der Waals surface area contributed by atoms with Crippen molar-refractivity contribution in [3.8, 4) is 0 Å². The summed E-state index contributed by atoms with van der Waals surface area (Å²) in [6.45, 7) is 4.80. The van der Waals surface area contributed by atoms with E-state index in [0.717, 1.165) is 12.8 Å². The molecule has 4 nitrogen and oxygen atoms in total. The molecule has 0 bridgehead atoms. The van der Waals surface area contributed by atoms with E-state index >= 15 is 0 Å². The third-order valence-electron chi connectivity index (χ3n) is 5.95. The normalized spacial score (nSPS) is 52.3. The molecule has 0 aromatic rings. The first-order chi connectivity index (χ1) is 8.94. The topological polar surface area (TPSA) is 66.9 Å². The molecule has 4 heteroatoms. The van der Waals surface area contributed by atoms with Crippen LogP contribution in [-0.4, -0.2) is 35.5 Å². The highest BCUT2D eigenvalue weighted by Crippen LogP contribution is 2.63. The summed E-state index contributed by atoms with van der Waals surface area (Å²) >= 11 is 0. The van der Waals surface area contributed by atoms with E-state index in [9.17, 15) is 14.7 Å². The van der Waals surface area contributed by atoms with Crippen molar-refractivity contribution in [1.29, 1.82) is 0 Å². The predicted octanol–water partition coefficient (Wildman–Crippen LogP) is 1.27. The molecule has 2 fully saturated rings. The van der Waals surface area contributed by atoms with Crippen LogP contribution in [-0.2, 0) is 14.3 Å². The van der Waals surface area contributed by atoms with Crippen LogP contribution in [0.4, 0.5) is 0 Å². The van der Waals surface area contributed by atoms with Crippen molar-refractivity contribution >= 4 is 12.6 Å². The lowest BCUT2D eigenvalue weighted by Gasteiger charge is -2.55. The third kappa shape index (κ3) is 1.36. The minimum atomic E-state index is -1.67. The van der Waals surface area contributed by atoms with Crippen LogP contribution in [0.15, 0.2) is 11.6 Å². The highest BCUT2D eigenvalue weighted by Gasteiger charge is 2.69.